The van der Waals surface area contributed by atoms with E-state index in [1.165, 1.54) is 0 Å². The third-order valence-corrected chi connectivity index (χ3v) is 3.96. The van der Waals surface area contributed by atoms with Crippen molar-refractivity contribution in [2.24, 2.45) is 0 Å². The molecular weight excluding hydrogens is 400 g/mol. The number of carboxylic acids is 1. The molecule has 3 rings (SSSR count). The first-order valence-electron chi connectivity index (χ1n) is 7.90. The highest BCUT2D eigenvalue weighted by Gasteiger charge is 2.60. The lowest BCUT2D eigenvalue weighted by molar-refractivity contribution is -0.141. The third-order valence-electron chi connectivity index (χ3n) is 3.96. The largest absolute Gasteiger partial charge is 0.476 e. The van der Waals surface area contributed by atoms with Crippen molar-refractivity contribution in [3.8, 4) is 0 Å². The first kappa shape index (κ1) is 20.2. The molecule has 2 aromatic rings. The zero-order valence-electron chi connectivity index (χ0n) is 14.3. The minimum Gasteiger partial charge on any atom is -0.476 e. The molecule has 14 heteroatoms. The van der Waals surface area contributed by atoms with Gasteiger partial charge in [0.1, 0.15) is 18.5 Å². The van der Waals surface area contributed by atoms with Gasteiger partial charge in [-0.3, -0.25) is 4.57 Å². The number of rotatable bonds is 5. The predicted octanol–water partition coefficient (Wildman–Crippen LogP) is -0.936. The van der Waals surface area contributed by atoms with E-state index in [4.69, 9.17) is 20.3 Å². The van der Waals surface area contributed by atoms with Gasteiger partial charge >= 0.3 is 23.6 Å². The number of nitrogens with zero attached hydrogens (tertiary/aromatic N) is 4. The number of nitrogen functional groups attached to an aromatic ring is 1. The Labute approximate surface area is 159 Å². The smallest absolute Gasteiger partial charge is 0.359 e. The third kappa shape index (κ3) is 3.74. The topological polar surface area (TPSA) is 180 Å². The highest BCUT2D eigenvalue weighted by atomic mass is 19.3. The number of anilines is 1. The zero-order valence-corrected chi connectivity index (χ0v) is 14.3. The molecule has 0 spiro atoms. The number of hydrogen-bond donors (Lipinski definition) is 3. The van der Waals surface area contributed by atoms with Crippen LogP contribution in [-0.4, -0.2) is 66.4 Å². The van der Waals surface area contributed by atoms with Gasteiger partial charge in [-0.25, -0.2) is 24.4 Å². The lowest BCUT2D eigenvalue weighted by Crippen LogP contribution is -2.42. The van der Waals surface area contributed by atoms with Crippen LogP contribution in [0.15, 0.2) is 29.5 Å². The minimum absolute atomic E-state index is 0.197. The predicted molar refractivity (Wildman–Crippen MR) is 87.0 cm³/mol. The molecule has 154 valence electrons. The Balaban J connectivity index is 1.76. The molecule has 0 aromatic carbocycles. The summed E-state index contributed by atoms with van der Waals surface area (Å²) in [6.45, 7) is -0.876. The van der Waals surface area contributed by atoms with E-state index in [1.807, 2.05) is 0 Å². The lowest BCUT2D eigenvalue weighted by atomic mass is 10.1. The van der Waals surface area contributed by atoms with Crippen LogP contribution in [0.3, 0.4) is 0 Å². The van der Waals surface area contributed by atoms with Gasteiger partial charge in [-0.2, -0.15) is 13.8 Å². The molecule has 4 N–H and O–H groups in total. The van der Waals surface area contributed by atoms with Crippen molar-refractivity contribution in [1.82, 2.24) is 19.5 Å². The van der Waals surface area contributed by atoms with Crippen molar-refractivity contribution in [2.45, 2.75) is 24.4 Å². The minimum atomic E-state index is -3.93. The van der Waals surface area contributed by atoms with Crippen LogP contribution >= 0.6 is 0 Å². The first-order valence-corrected chi connectivity index (χ1v) is 7.90. The van der Waals surface area contributed by atoms with Crippen LogP contribution in [0.4, 0.5) is 14.6 Å². The van der Waals surface area contributed by atoms with Crippen molar-refractivity contribution >= 4 is 17.8 Å². The Kier molecular flexibility index (Phi) is 5.21. The molecule has 1 fully saturated rings. The zero-order chi connectivity index (χ0) is 21.3. The monoisotopic (exact) mass is 413 g/mol. The van der Waals surface area contributed by atoms with Gasteiger partial charge in [0.15, 0.2) is 17.5 Å². The summed E-state index contributed by atoms with van der Waals surface area (Å²) >= 11 is 0. The maximum atomic E-state index is 14.4. The molecule has 0 unspecified atom stereocenters. The van der Waals surface area contributed by atoms with E-state index in [0.717, 1.165) is 24.7 Å². The standard InChI is InChI=1S/C15H13F2N5O7/c16-15(17)10(23)6(29-13(15)22-4-1-7(18)21-14(22)27)5-28-12(26)9-8(11(24)25)19-2-3-20-9/h1-4,6,10,13,23H,5H2,(H,24,25)(H2,18,21,27)/t6-,10-,13-/m1/s1. The molecule has 1 aliphatic heterocycles. The van der Waals surface area contributed by atoms with Gasteiger partial charge in [-0.1, -0.05) is 0 Å². The van der Waals surface area contributed by atoms with E-state index >= 15 is 0 Å². The fourth-order valence-corrected chi connectivity index (χ4v) is 2.58. The molecule has 29 heavy (non-hydrogen) atoms. The summed E-state index contributed by atoms with van der Waals surface area (Å²) in [6, 6.07) is 1.09. The highest BCUT2D eigenvalue weighted by molar-refractivity contribution is 5.99. The van der Waals surface area contributed by atoms with Crippen LogP contribution in [0.5, 0.6) is 0 Å². The molecule has 1 aliphatic rings. The molecule has 0 aliphatic carbocycles. The first-order chi connectivity index (χ1) is 13.6. The van der Waals surface area contributed by atoms with Gasteiger partial charge in [0.05, 0.1) is 0 Å². The Hall–Kier alpha value is -3.52. The van der Waals surface area contributed by atoms with Crippen molar-refractivity contribution < 1.29 is 38.1 Å². The van der Waals surface area contributed by atoms with Crippen molar-refractivity contribution in [1.29, 1.82) is 0 Å². The number of ether oxygens (including phenoxy) is 2. The number of halogens is 2. The molecular formula is C15H13F2N5O7. The lowest BCUT2D eigenvalue weighted by Gasteiger charge is -2.20. The van der Waals surface area contributed by atoms with Crippen LogP contribution in [0.2, 0.25) is 0 Å². The Bertz CT molecular complexity index is 1010. The number of aliphatic hydroxyl groups excluding tert-OH is 1. The van der Waals surface area contributed by atoms with Crippen molar-refractivity contribution in [3.63, 3.8) is 0 Å². The number of carbonyl (C=O) groups is 2. The molecule has 0 bridgehead atoms. The quantitative estimate of drug-likeness (QED) is 0.515. The summed E-state index contributed by atoms with van der Waals surface area (Å²) in [6.07, 6.45) is -3.41. The molecule has 3 atom stereocenters. The average Bonchev–Trinajstić information content (AvgIpc) is 2.89. The number of esters is 1. The second-order valence-corrected chi connectivity index (χ2v) is 5.85. The summed E-state index contributed by atoms with van der Waals surface area (Å²) in [5.41, 5.74) is 2.81. The van der Waals surface area contributed by atoms with Gasteiger partial charge in [0, 0.05) is 18.6 Å². The summed E-state index contributed by atoms with van der Waals surface area (Å²) in [5, 5.41) is 18.9. The second kappa shape index (κ2) is 7.48. The van der Waals surface area contributed by atoms with Crippen LogP contribution in [0.25, 0.3) is 0 Å². The normalized spacial score (nSPS) is 22.9. The number of aromatic nitrogens is 4. The number of carboxylic acid groups (broad SMARTS) is 1. The van der Waals surface area contributed by atoms with Gasteiger partial charge in [0.2, 0.25) is 6.23 Å². The molecule has 0 radical (unpaired) electrons. The second-order valence-electron chi connectivity index (χ2n) is 5.85. The number of aliphatic hydroxyl groups is 1. The van der Waals surface area contributed by atoms with Gasteiger partial charge < -0.3 is 25.4 Å². The van der Waals surface area contributed by atoms with E-state index in [9.17, 15) is 28.3 Å². The van der Waals surface area contributed by atoms with Crippen LogP contribution in [0, 0.1) is 0 Å². The molecule has 3 heterocycles. The molecule has 12 nitrogen and oxygen atoms in total. The van der Waals surface area contributed by atoms with Gasteiger partial charge in [-0.05, 0) is 6.07 Å². The molecule has 0 saturated carbocycles. The Morgan fingerprint density at radius 3 is 2.59 bits per heavy atom. The average molecular weight is 413 g/mol. The van der Waals surface area contributed by atoms with E-state index in [1.54, 1.807) is 0 Å². The summed E-state index contributed by atoms with van der Waals surface area (Å²) in [4.78, 5) is 45.2. The number of alkyl halides is 2. The SMILES string of the molecule is Nc1ccn([C@@H]2O[C@H](COC(=O)c3nccnc3C(=O)O)[C@@H](O)C2(F)F)c(=O)n1. The van der Waals surface area contributed by atoms with E-state index in [-0.39, 0.29) is 5.82 Å². The maximum absolute atomic E-state index is 14.4. The van der Waals surface area contributed by atoms with Crippen LogP contribution in [-0.2, 0) is 9.47 Å². The van der Waals surface area contributed by atoms with Crippen LogP contribution in [0.1, 0.15) is 27.2 Å². The van der Waals surface area contributed by atoms with Crippen LogP contribution < -0.4 is 11.4 Å². The molecule has 1 saturated heterocycles. The Morgan fingerprint density at radius 2 is 1.97 bits per heavy atom. The van der Waals surface area contributed by atoms with E-state index < -0.39 is 60.0 Å². The van der Waals surface area contributed by atoms with Gasteiger partial charge in [0.25, 0.3) is 0 Å². The number of hydrogen-bond acceptors (Lipinski definition) is 10. The summed E-state index contributed by atoms with van der Waals surface area (Å²) in [5.74, 6) is -6.96. The summed E-state index contributed by atoms with van der Waals surface area (Å²) < 4.78 is 39.0. The summed E-state index contributed by atoms with van der Waals surface area (Å²) in [7, 11) is 0. The van der Waals surface area contributed by atoms with Crippen molar-refractivity contribution in [3.05, 3.63) is 46.5 Å². The molecule has 2 aromatic heterocycles. The number of nitrogens with two attached hydrogens (primary N) is 1. The Morgan fingerprint density at radius 1 is 1.31 bits per heavy atom. The van der Waals surface area contributed by atoms with E-state index in [0.29, 0.717) is 4.57 Å². The molecule has 0 amide bonds. The fraction of sp³-hybridized carbons (Fsp3) is 0.333. The number of carbonyl (C=O) groups excluding carboxylic acids is 1. The highest BCUT2D eigenvalue weighted by Crippen LogP contribution is 2.42. The number of aromatic carboxylic acids is 1. The maximum Gasteiger partial charge on any atom is 0.359 e. The van der Waals surface area contributed by atoms with Gasteiger partial charge in [-0.15, -0.1) is 0 Å². The van der Waals surface area contributed by atoms with Crippen molar-refractivity contribution in [2.75, 3.05) is 12.3 Å². The van der Waals surface area contributed by atoms with E-state index in [2.05, 4.69) is 15.0 Å². The fourth-order valence-electron chi connectivity index (χ4n) is 2.58.